The summed E-state index contributed by atoms with van der Waals surface area (Å²) in [6.45, 7) is 6.47. The number of aromatic amines is 1. The zero-order chi connectivity index (χ0) is 11.9. The fourth-order valence-electron chi connectivity index (χ4n) is 2.58. The third kappa shape index (κ3) is 1.72. The summed E-state index contributed by atoms with van der Waals surface area (Å²) in [5.74, 6) is 1.07. The second-order valence-electron chi connectivity index (χ2n) is 5.25. The van der Waals surface area contributed by atoms with Gasteiger partial charge in [-0.15, -0.1) is 0 Å². The number of hydrogen-bond donors (Lipinski definition) is 2. The second kappa shape index (κ2) is 3.81. The van der Waals surface area contributed by atoms with Gasteiger partial charge in [-0.05, 0) is 37.9 Å². The minimum atomic E-state index is 0.116. The highest BCUT2D eigenvalue weighted by Crippen LogP contribution is 2.30. The molecule has 0 amide bonds. The van der Waals surface area contributed by atoms with E-state index in [1.54, 1.807) is 0 Å². The van der Waals surface area contributed by atoms with Gasteiger partial charge in [-0.3, -0.25) is 0 Å². The van der Waals surface area contributed by atoms with Crippen molar-refractivity contribution in [2.75, 3.05) is 13.1 Å². The Morgan fingerprint density at radius 1 is 1.41 bits per heavy atom. The van der Waals surface area contributed by atoms with Crippen LogP contribution in [0.5, 0.6) is 0 Å². The van der Waals surface area contributed by atoms with Crippen molar-refractivity contribution in [3.63, 3.8) is 0 Å². The average molecular weight is 230 g/mol. The average Bonchev–Trinajstić information content (AvgIpc) is 2.76. The molecule has 0 aliphatic carbocycles. The lowest BCUT2D eigenvalue weighted by Gasteiger charge is -2.32. The number of rotatable bonds is 1. The first-order valence-electron chi connectivity index (χ1n) is 6.22. The van der Waals surface area contributed by atoms with E-state index in [1.807, 2.05) is 12.3 Å². The second-order valence-corrected chi connectivity index (χ2v) is 5.25. The van der Waals surface area contributed by atoms with Crippen molar-refractivity contribution in [2.24, 2.45) is 0 Å². The zero-order valence-corrected chi connectivity index (χ0v) is 10.4. The van der Waals surface area contributed by atoms with Crippen LogP contribution in [0.15, 0.2) is 12.3 Å². The van der Waals surface area contributed by atoms with Crippen LogP contribution in [0.25, 0.3) is 11.2 Å². The van der Waals surface area contributed by atoms with Crippen molar-refractivity contribution in [3.05, 3.63) is 23.7 Å². The Balaban J connectivity index is 2.08. The van der Waals surface area contributed by atoms with Crippen LogP contribution in [0.3, 0.4) is 0 Å². The Labute approximate surface area is 101 Å². The summed E-state index contributed by atoms with van der Waals surface area (Å²) in [5.41, 5.74) is 3.24. The molecule has 2 N–H and O–H groups in total. The number of piperidine rings is 1. The lowest BCUT2D eigenvalue weighted by Crippen LogP contribution is -2.41. The van der Waals surface area contributed by atoms with Gasteiger partial charge >= 0.3 is 0 Å². The van der Waals surface area contributed by atoms with Crippen LogP contribution in [-0.2, 0) is 5.41 Å². The summed E-state index contributed by atoms with van der Waals surface area (Å²) in [6.07, 6.45) is 4.21. The number of nitrogens with zero attached hydrogens (tertiary/aromatic N) is 2. The highest BCUT2D eigenvalue weighted by atomic mass is 15.0. The molecule has 1 fully saturated rings. The minimum Gasteiger partial charge on any atom is -0.340 e. The van der Waals surface area contributed by atoms with E-state index in [1.165, 1.54) is 18.4 Å². The van der Waals surface area contributed by atoms with Crippen LogP contribution in [0.4, 0.5) is 0 Å². The van der Waals surface area contributed by atoms with Crippen molar-refractivity contribution >= 4 is 11.2 Å². The number of imidazole rings is 1. The molecule has 1 unspecified atom stereocenters. The SMILES string of the molecule is Cc1ccnc2nc(C3(C)CCCNC3)[nH]c12. The molecule has 90 valence electrons. The smallest absolute Gasteiger partial charge is 0.177 e. The number of aromatic nitrogens is 3. The molecule has 4 heteroatoms. The van der Waals surface area contributed by atoms with E-state index in [0.717, 1.165) is 30.1 Å². The third-order valence-electron chi connectivity index (χ3n) is 3.77. The molecule has 0 saturated carbocycles. The summed E-state index contributed by atoms with van der Waals surface area (Å²) in [5, 5.41) is 3.45. The molecule has 0 radical (unpaired) electrons. The maximum Gasteiger partial charge on any atom is 0.177 e. The molecule has 0 aromatic carbocycles. The van der Waals surface area contributed by atoms with Gasteiger partial charge in [-0.2, -0.15) is 0 Å². The lowest BCUT2D eigenvalue weighted by molar-refractivity contribution is 0.326. The predicted molar refractivity (Wildman–Crippen MR) is 68.1 cm³/mol. The number of H-pyrrole nitrogens is 1. The van der Waals surface area contributed by atoms with Gasteiger partial charge in [0.1, 0.15) is 5.82 Å². The van der Waals surface area contributed by atoms with Crippen LogP contribution in [0, 0.1) is 6.92 Å². The molecule has 3 rings (SSSR count). The number of aryl methyl sites for hydroxylation is 1. The van der Waals surface area contributed by atoms with Gasteiger partial charge in [0.15, 0.2) is 5.65 Å². The van der Waals surface area contributed by atoms with Crippen molar-refractivity contribution in [1.29, 1.82) is 0 Å². The fourth-order valence-corrected chi connectivity index (χ4v) is 2.58. The summed E-state index contributed by atoms with van der Waals surface area (Å²) < 4.78 is 0. The molecule has 1 aliphatic rings. The van der Waals surface area contributed by atoms with Crippen molar-refractivity contribution in [2.45, 2.75) is 32.1 Å². The highest BCUT2D eigenvalue weighted by molar-refractivity contribution is 5.74. The molecule has 4 nitrogen and oxygen atoms in total. The molecule has 1 atom stereocenters. The molecule has 3 heterocycles. The van der Waals surface area contributed by atoms with Gasteiger partial charge in [0.25, 0.3) is 0 Å². The first-order chi connectivity index (χ1) is 8.19. The van der Waals surface area contributed by atoms with Crippen LogP contribution in [0.1, 0.15) is 31.2 Å². The number of pyridine rings is 1. The van der Waals surface area contributed by atoms with Crippen molar-refractivity contribution in [3.8, 4) is 0 Å². The first-order valence-corrected chi connectivity index (χ1v) is 6.22. The van der Waals surface area contributed by atoms with E-state index >= 15 is 0 Å². The lowest BCUT2D eigenvalue weighted by atomic mass is 9.82. The number of fused-ring (bicyclic) bond motifs is 1. The van der Waals surface area contributed by atoms with Crippen LogP contribution in [-0.4, -0.2) is 28.0 Å². The Bertz CT molecular complexity index is 537. The third-order valence-corrected chi connectivity index (χ3v) is 3.77. The van der Waals surface area contributed by atoms with Crippen LogP contribution >= 0.6 is 0 Å². The molecule has 2 aromatic rings. The topological polar surface area (TPSA) is 53.6 Å². The summed E-state index contributed by atoms with van der Waals surface area (Å²) >= 11 is 0. The van der Waals surface area contributed by atoms with Gasteiger partial charge < -0.3 is 10.3 Å². The first kappa shape index (κ1) is 10.7. The van der Waals surface area contributed by atoms with Crippen LogP contribution < -0.4 is 5.32 Å². The quantitative estimate of drug-likeness (QED) is 0.786. The number of hydrogen-bond acceptors (Lipinski definition) is 3. The maximum atomic E-state index is 4.66. The molecule has 17 heavy (non-hydrogen) atoms. The molecule has 0 bridgehead atoms. The summed E-state index contributed by atoms with van der Waals surface area (Å²) in [6, 6.07) is 2.02. The van der Waals surface area contributed by atoms with Crippen molar-refractivity contribution in [1.82, 2.24) is 20.3 Å². The minimum absolute atomic E-state index is 0.116. The molecular formula is C13H18N4. The summed E-state index contributed by atoms with van der Waals surface area (Å²) in [4.78, 5) is 12.4. The molecule has 0 spiro atoms. The Hall–Kier alpha value is -1.42. The summed E-state index contributed by atoms with van der Waals surface area (Å²) in [7, 11) is 0. The Morgan fingerprint density at radius 2 is 2.29 bits per heavy atom. The number of nitrogens with one attached hydrogen (secondary N) is 2. The van der Waals surface area contributed by atoms with E-state index in [9.17, 15) is 0 Å². The predicted octanol–water partition coefficient (Wildman–Crippen LogP) is 1.91. The standard InChI is InChI=1S/C13H18N4/c1-9-4-7-15-11-10(9)16-12(17-11)13(2)5-3-6-14-8-13/h4,7,14H,3,5-6,8H2,1-2H3,(H,15,16,17). The fraction of sp³-hybridized carbons (Fsp3) is 0.538. The molecule has 1 aliphatic heterocycles. The monoisotopic (exact) mass is 230 g/mol. The molecular weight excluding hydrogens is 212 g/mol. The highest BCUT2D eigenvalue weighted by Gasteiger charge is 2.32. The van der Waals surface area contributed by atoms with Crippen molar-refractivity contribution < 1.29 is 0 Å². The van der Waals surface area contributed by atoms with Gasteiger partial charge in [0, 0.05) is 18.2 Å². The maximum absolute atomic E-state index is 4.66. The van der Waals surface area contributed by atoms with Gasteiger partial charge in [0.2, 0.25) is 0 Å². The Morgan fingerprint density at radius 3 is 3.00 bits per heavy atom. The van der Waals surface area contributed by atoms with E-state index in [4.69, 9.17) is 0 Å². The van der Waals surface area contributed by atoms with Crippen LogP contribution in [0.2, 0.25) is 0 Å². The molecule has 2 aromatic heterocycles. The van der Waals surface area contributed by atoms with E-state index < -0.39 is 0 Å². The largest absolute Gasteiger partial charge is 0.340 e. The molecule has 1 saturated heterocycles. The normalized spacial score (nSPS) is 25.3. The zero-order valence-electron chi connectivity index (χ0n) is 10.4. The van der Waals surface area contributed by atoms with Gasteiger partial charge in [-0.25, -0.2) is 9.97 Å². The van der Waals surface area contributed by atoms with Gasteiger partial charge in [0.05, 0.1) is 5.52 Å². The van der Waals surface area contributed by atoms with Gasteiger partial charge in [-0.1, -0.05) is 6.92 Å². The Kier molecular flexibility index (Phi) is 2.40. The van der Waals surface area contributed by atoms with E-state index in [0.29, 0.717) is 0 Å². The van der Waals surface area contributed by atoms with E-state index in [-0.39, 0.29) is 5.41 Å². The van der Waals surface area contributed by atoms with E-state index in [2.05, 4.69) is 34.1 Å².